The lowest BCUT2D eigenvalue weighted by molar-refractivity contribution is -0.159. The number of likely N-dealkylation sites (tertiary alicyclic amines) is 2. The number of nitrogens with zero attached hydrogens (tertiary/aromatic N) is 2. The Kier molecular flexibility index (Phi) is 8.96. The van der Waals surface area contributed by atoms with E-state index in [2.05, 4.69) is 28.9 Å². The molecule has 7 nitrogen and oxygen atoms in total. The summed E-state index contributed by atoms with van der Waals surface area (Å²) >= 11 is 0. The third-order valence-electron chi connectivity index (χ3n) is 6.11. The minimum absolute atomic E-state index is 0.302. The van der Waals surface area contributed by atoms with Crippen molar-refractivity contribution >= 4 is 17.8 Å². The highest BCUT2D eigenvalue weighted by atomic mass is 16.4. The summed E-state index contributed by atoms with van der Waals surface area (Å²) in [7, 11) is 0. The first kappa shape index (κ1) is 22.4. The molecule has 1 aliphatic carbocycles. The van der Waals surface area contributed by atoms with E-state index in [-0.39, 0.29) is 0 Å². The third kappa shape index (κ3) is 7.26. The number of carboxylic acid groups (broad SMARTS) is 2. The maximum absolute atomic E-state index is 12.7. The van der Waals surface area contributed by atoms with Crippen molar-refractivity contribution in [1.82, 2.24) is 9.80 Å². The third-order valence-corrected chi connectivity index (χ3v) is 6.11. The molecule has 7 heteroatoms. The van der Waals surface area contributed by atoms with E-state index in [4.69, 9.17) is 19.8 Å². The Bertz CT molecular complexity index is 549. The molecule has 0 bridgehead atoms. The molecule has 2 aliphatic heterocycles. The van der Waals surface area contributed by atoms with E-state index in [9.17, 15) is 4.79 Å². The number of hydrogen-bond acceptors (Lipinski definition) is 4. The zero-order valence-electron chi connectivity index (χ0n) is 16.9. The molecule has 0 aromatic rings. The van der Waals surface area contributed by atoms with Crippen LogP contribution in [0.5, 0.6) is 0 Å². The molecule has 0 spiro atoms. The van der Waals surface area contributed by atoms with Crippen LogP contribution in [0.3, 0.4) is 0 Å². The Labute approximate surface area is 167 Å². The van der Waals surface area contributed by atoms with Crippen LogP contribution in [-0.2, 0) is 14.4 Å². The molecule has 1 unspecified atom stereocenters. The molecule has 0 radical (unpaired) electrons. The number of carbonyl (C=O) groups is 3. The molecule has 0 aromatic carbocycles. The zero-order valence-corrected chi connectivity index (χ0v) is 16.9. The number of aliphatic carboxylic acids is 2. The van der Waals surface area contributed by atoms with Gasteiger partial charge in [-0.3, -0.25) is 4.79 Å². The van der Waals surface area contributed by atoms with Gasteiger partial charge in [-0.05, 0) is 69.9 Å². The summed E-state index contributed by atoms with van der Waals surface area (Å²) in [5.74, 6) is -1.25. The van der Waals surface area contributed by atoms with Gasteiger partial charge in [0.2, 0.25) is 5.91 Å². The molecule has 3 aliphatic rings. The fourth-order valence-corrected chi connectivity index (χ4v) is 4.24. The average Bonchev–Trinajstić information content (AvgIpc) is 2.70. The van der Waals surface area contributed by atoms with Gasteiger partial charge in [0, 0.05) is 25.6 Å². The Hall–Kier alpha value is -1.89. The second-order valence-corrected chi connectivity index (χ2v) is 8.34. The summed E-state index contributed by atoms with van der Waals surface area (Å²) in [4.78, 5) is 35.6. The van der Waals surface area contributed by atoms with E-state index in [0.717, 1.165) is 50.9 Å². The lowest BCUT2D eigenvalue weighted by Gasteiger charge is -2.37. The van der Waals surface area contributed by atoms with Crippen molar-refractivity contribution in [2.75, 3.05) is 32.7 Å². The van der Waals surface area contributed by atoms with Crippen molar-refractivity contribution in [3.8, 4) is 0 Å². The van der Waals surface area contributed by atoms with Gasteiger partial charge in [0.25, 0.3) is 0 Å². The van der Waals surface area contributed by atoms with Crippen LogP contribution in [0.25, 0.3) is 0 Å². The van der Waals surface area contributed by atoms with E-state index >= 15 is 0 Å². The van der Waals surface area contributed by atoms with Crippen LogP contribution in [0, 0.1) is 17.8 Å². The highest BCUT2D eigenvalue weighted by Gasteiger charge is 2.30. The molecule has 158 valence electrons. The molecule has 3 rings (SSSR count). The van der Waals surface area contributed by atoms with Crippen LogP contribution >= 0.6 is 0 Å². The van der Waals surface area contributed by atoms with E-state index < -0.39 is 11.9 Å². The molecule has 0 aromatic heterocycles. The van der Waals surface area contributed by atoms with Crippen molar-refractivity contribution in [2.45, 2.75) is 51.9 Å². The largest absolute Gasteiger partial charge is 0.473 e. The minimum Gasteiger partial charge on any atom is -0.473 e. The van der Waals surface area contributed by atoms with Gasteiger partial charge in [-0.15, -0.1) is 0 Å². The second-order valence-electron chi connectivity index (χ2n) is 8.34. The van der Waals surface area contributed by atoms with Gasteiger partial charge in [0.15, 0.2) is 0 Å². The van der Waals surface area contributed by atoms with Gasteiger partial charge in [0.05, 0.1) is 0 Å². The quantitative estimate of drug-likeness (QED) is 0.564. The monoisotopic (exact) mass is 394 g/mol. The predicted molar refractivity (Wildman–Crippen MR) is 106 cm³/mol. The maximum atomic E-state index is 12.7. The van der Waals surface area contributed by atoms with E-state index in [1.807, 2.05) is 0 Å². The fourth-order valence-electron chi connectivity index (χ4n) is 4.24. The first-order valence-corrected chi connectivity index (χ1v) is 10.5. The Morgan fingerprint density at radius 3 is 2.00 bits per heavy atom. The summed E-state index contributed by atoms with van der Waals surface area (Å²) in [6, 6.07) is 0. The number of rotatable bonds is 3. The number of carbonyl (C=O) groups excluding carboxylic acids is 1. The topological polar surface area (TPSA) is 98.2 Å². The van der Waals surface area contributed by atoms with Crippen LogP contribution in [0.1, 0.15) is 51.9 Å². The van der Waals surface area contributed by atoms with Crippen LogP contribution in [0.15, 0.2) is 12.2 Å². The molecule has 2 N–H and O–H groups in total. The molecule has 1 atom stereocenters. The number of amides is 1. The van der Waals surface area contributed by atoms with Crippen LogP contribution in [-0.4, -0.2) is 70.6 Å². The second kappa shape index (κ2) is 11.2. The summed E-state index contributed by atoms with van der Waals surface area (Å²) in [5, 5.41) is 14.8. The number of carboxylic acids is 2. The summed E-state index contributed by atoms with van der Waals surface area (Å²) in [6.07, 6.45) is 13.1. The SMILES string of the molecule is CC1CCN(C(=O)C2CCN(CC3CC=CCC3)CC2)CC1.O=C(O)C(=O)O. The van der Waals surface area contributed by atoms with Crippen molar-refractivity contribution in [2.24, 2.45) is 17.8 Å². The summed E-state index contributed by atoms with van der Waals surface area (Å²) in [6.45, 7) is 7.79. The normalized spacial score (nSPS) is 24.3. The molecular weight excluding hydrogens is 360 g/mol. The highest BCUT2D eigenvalue weighted by Crippen LogP contribution is 2.26. The van der Waals surface area contributed by atoms with Gasteiger partial charge in [0.1, 0.15) is 0 Å². The maximum Gasteiger partial charge on any atom is 0.414 e. The first-order chi connectivity index (χ1) is 13.4. The van der Waals surface area contributed by atoms with Crippen LogP contribution in [0.4, 0.5) is 0 Å². The Balaban J connectivity index is 0.000000409. The Morgan fingerprint density at radius 2 is 1.50 bits per heavy atom. The lowest BCUT2D eigenvalue weighted by Crippen LogP contribution is -2.46. The minimum atomic E-state index is -1.82. The number of piperidine rings is 2. The molecular formula is C21H34N2O5. The van der Waals surface area contributed by atoms with Crippen molar-refractivity contribution < 1.29 is 24.6 Å². The highest BCUT2D eigenvalue weighted by molar-refractivity contribution is 6.27. The van der Waals surface area contributed by atoms with Crippen LogP contribution < -0.4 is 0 Å². The van der Waals surface area contributed by atoms with Gasteiger partial charge >= 0.3 is 11.9 Å². The van der Waals surface area contributed by atoms with Gasteiger partial charge < -0.3 is 20.0 Å². The predicted octanol–water partition coefficient (Wildman–Crippen LogP) is 2.47. The molecule has 28 heavy (non-hydrogen) atoms. The van der Waals surface area contributed by atoms with E-state index in [0.29, 0.717) is 11.8 Å². The lowest BCUT2D eigenvalue weighted by atomic mass is 9.90. The van der Waals surface area contributed by atoms with E-state index in [1.54, 1.807) is 0 Å². The Morgan fingerprint density at radius 1 is 0.893 bits per heavy atom. The molecule has 2 fully saturated rings. The van der Waals surface area contributed by atoms with E-state index in [1.165, 1.54) is 38.6 Å². The van der Waals surface area contributed by atoms with Crippen molar-refractivity contribution in [1.29, 1.82) is 0 Å². The van der Waals surface area contributed by atoms with Gasteiger partial charge in [-0.1, -0.05) is 19.1 Å². The van der Waals surface area contributed by atoms with Gasteiger partial charge in [-0.25, -0.2) is 9.59 Å². The van der Waals surface area contributed by atoms with Crippen LogP contribution in [0.2, 0.25) is 0 Å². The number of allylic oxidation sites excluding steroid dienone is 2. The number of hydrogen-bond donors (Lipinski definition) is 2. The molecule has 2 heterocycles. The van der Waals surface area contributed by atoms with Crippen molar-refractivity contribution in [3.63, 3.8) is 0 Å². The summed E-state index contributed by atoms with van der Waals surface area (Å²) < 4.78 is 0. The standard InChI is InChI=1S/C19H32N2O.C2H2O4/c1-16-7-13-21(14-8-16)19(22)18-9-11-20(12-10-18)15-17-5-3-2-4-6-17;3-1(4)2(5)6/h2-3,16-18H,4-15H2,1H3;(H,3,4)(H,5,6). The fraction of sp³-hybridized carbons (Fsp3) is 0.762. The summed E-state index contributed by atoms with van der Waals surface area (Å²) in [5.41, 5.74) is 0. The molecule has 0 saturated carbocycles. The van der Waals surface area contributed by atoms with Gasteiger partial charge in [-0.2, -0.15) is 0 Å². The smallest absolute Gasteiger partial charge is 0.414 e. The molecule has 2 saturated heterocycles. The molecule has 1 amide bonds. The average molecular weight is 395 g/mol. The van der Waals surface area contributed by atoms with Crippen molar-refractivity contribution in [3.05, 3.63) is 12.2 Å². The first-order valence-electron chi connectivity index (χ1n) is 10.5. The zero-order chi connectivity index (χ0) is 20.5.